The summed E-state index contributed by atoms with van der Waals surface area (Å²) < 4.78 is 28.7. The van der Waals surface area contributed by atoms with E-state index in [0.29, 0.717) is 17.2 Å². The minimum absolute atomic E-state index is 0.322. The van der Waals surface area contributed by atoms with E-state index in [2.05, 4.69) is 5.32 Å². The number of aryl methyl sites for hydroxylation is 1. The summed E-state index contributed by atoms with van der Waals surface area (Å²) in [5.41, 5.74) is 1.43. The third-order valence-electron chi connectivity index (χ3n) is 3.73. The third-order valence-corrected chi connectivity index (χ3v) is 3.73. The van der Waals surface area contributed by atoms with Crippen molar-refractivity contribution in [1.29, 1.82) is 0 Å². The average molecular weight is 375 g/mol. The molecule has 2 atom stereocenters. The highest BCUT2D eigenvalue weighted by Crippen LogP contribution is 2.25. The number of hydrogen-bond acceptors (Lipinski definition) is 5. The Hall–Kier alpha value is -3.09. The quantitative estimate of drug-likeness (QED) is 0.750. The zero-order chi connectivity index (χ0) is 20.0. The highest BCUT2D eigenvalue weighted by Gasteiger charge is 2.24. The van der Waals surface area contributed by atoms with E-state index in [1.54, 1.807) is 12.1 Å². The maximum Gasteiger partial charge on any atom is 0.347 e. The summed E-state index contributed by atoms with van der Waals surface area (Å²) in [6.45, 7) is 4.83. The van der Waals surface area contributed by atoms with E-state index in [9.17, 15) is 14.0 Å². The summed E-state index contributed by atoms with van der Waals surface area (Å²) in [6.07, 6.45) is -2.00. The van der Waals surface area contributed by atoms with E-state index in [1.165, 1.54) is 45.2 Å². The molecule has 0 fully saturated rings. The Kier molecular flexibility index (Phi) is 6.76. The van der Waals surface area contributed by atoms with Gasteiger partial charge in [0.1, 0.15) is 17.3 Å². The Bertz CT molecular complexity index is 807. The van der Waals surface area contributed by atoms with Gasteiger partial charge in [-0.2, -0.15) is 0 Å². The molecule has 0 heterocycles. The first-order valence-corrected chi connectivity index (χ1v) is 8.38. The summed E-state index contributed by atoms with van der Waals surface area (Å²) in [7, 11) is 1.50. The minimum atomic E-state index is -1.04. The lowest BCUT2D eigenvalue weighted by molar-refractivity contribution is -0.159. The number of ether oxygens (including phenoxy) is 3. The molecule has 0 saturated carbocycles. The van der Waals surface area contributed by atoms with Crippen LogP contribution in [0, 0.1) is 12.7 Å². The Morgan fingerprint density at radius 2 is 1.70 bits per heavy atom. The number of carbonyl (C=O) groups is 2. The number of nitrogens with one attached hydrogen (secondary N) is 1. The van der Waals surface area contributed by atoms with Crippen molar-refractivity contribution >= 4 is 17.6 Å². The number of methoxy groups -OCH3 is 1. The van der Waals surface area contributed by atoms with E-state index in [-0.39, 0.29) is 0 Å². The van der Waals surface area contributed by atoms with Crippen molar-refractivity contribution in [3.63, 3.8) is 0 Å². The van der Waals surface area contributed by atoms with Crippen LogP contribution in [0.5, 0.6) is 11.5 Å². The standard InChI is InChI=1S/C20H22FNO5/c1-12-5-10-18(25-4)17(11-12)22-19(23)13(2)27-20(24)14(3)26-16-8-6-15(21)7-9-16/h5-11,13-14H,1-4H3,(H,22,23)/t13-,14+/m0/s1. The number of anilines is 1. The molecular formula is C20H22FNO5. The number of halogens is 1. The molecule has 6 nitrogen and oxygen atoms in total. The van der Waals surface area contributed by atoms with Gasteiger partial charge in [-0.3, -0.25) is 4.79 Å². The highest BCUT2D eigenvalue weighted by molar-refractivity contribution is 5.96. The van der Waals surface area contributed by atoms with Gasteiger partial charge in [-0.1, -0.05) is 6.07 Å². The van der Waals surface area contributed by atoms with Crippen LogP contribution in [-0.2, 0) is 14.3 Å². The minimum Gasteiger partial charge on any atom is -0.495 e. The van der Waals surface area contributed by atoms with Gasteiger partial charge in [0.05, 0.1) is 12.8 Å². The van der Waals surface area contributed by atoms with Crippen molar-refractivity contribution < 1.29 is 28.2 Å². The summed E-state index contributed by atoms with van der Waals surface area (Å²) in [6, 6.07) is 10.6. The van der Waals surface area contributed by atoms with E-state index < -0.39 is 29.9 Å². The van der Waals surface area contributed by atoms with Crippen LogP contribution in [0.4, 0.5) is 10.1 Å². The maximum absolute atomic E-state index is 12.9. The molecule has 0 bridgehead atoms. The molecule has 0 aliphatic rings. The van der Waals surface area contributed by atoms with Gasteiger partial charge < -0.3 is 19.5 Å². The summed E-state index contributed by atoms with van der Waals surface area (Å²) in [4.78, 5) is 24.5. The van der Waals surface area contributed by atoms with E-state index in [4.69, 9.17) is 14.2 Å². The Morgan fingerprint density at radius 1 is 1.04 bits per heavy atom. The van der Waals surface area contributed by atoms with Gasteiger partial charge in [-0.15, -0.1) is 0 Å². The average Bonchev–Trinajstić information content (AvgIpc) is 2.63. The van der Waals surface area contributed by atoms with Gasteiger partial charge in [0.15, 0.2) is 12.2 Å². The zero-order valence-corrected chi connectivity index (χ0v) is 15.6. The van der Waals surface area contributed by atoms with Crippen molar-refractivity contribution in [2.45, 2.75) is 33.0 Å². The molecule has 0 aliphatic heterocycles. The smallest absolute Gasteiger partial charge is 0.347 e. The fourth-order valence-corrected chi connectivity index (χ4v) is 2.24. The molecule has 2 aromatic carbocycles. The topological polar surface area (TPSA) is 73.9 Å². The highest BCUT2D eigenvalue weighted by atomic mass is 19.1. The van der Waals surface area contributed by atoms with Crippen molar-refractivity contribution in [2.75, 3.05) is 12.4 Å². The number of hydrogen-bond donors (Lipinski definition) is 1. The fourth-order valence-electron chi connectivity index (χ4n) is 2.24. The second-order valence-electron chi connectivity index (χ2n) is 5.99. The van der Waals surface area contributed by atoms with Crippen LogP contribution in [0.3, 0.4) is 0 Å². The summed E-state index contributed by atoms with van der Waals surface area (Å²) >= 11 is 0. The van der Waals surface area contributed by atoms with Crippen LogP contribution in [0.25, 0.3) is 0 Å². The van der Waals surface area contributed by atoms with Crippen LogP contribution in [0.1, 0.15) is 19.4 Å². The second-order valence-corrected chi connectivity index (χ2v) is 5.99. The molecule has 0 saturated heterocycles. The van der Waals surface area contributed by atoms with Gasteiger partial charge >= 0.3 is 5.97 Å². The number of rotatable bonds is 7. The molecular weight excluding hydrogens is 353 g/mol. The summed E-state index contributed by atoms with van der Waals surface area (Å²) in [5.74, 6) is -0.795. The molecule has 1 amide bonds. The first-order chi connectivity index (χ1) is 12.8. The molecule has 2 aromatic rings. The molecule has 0 aromatic heterocycles. The monoisotopic (exact) mass is 375 g/mol. The Labute approximate surface area is 157 Å². The van der Waals surface area contributed by atoms with Gasteiger partial charge in [0.25, 0.3) is 5.91 Å². The normalized spacial score (nSPS) is 12.6. The Balaban J connectivity index is 1.94. The lowest BCUT2D eigenvalue weighted by Gasteiger charge is -2.18. The van der Waals surface area contributed by atoms with E-state index in [1.807, 2.05) is 13.0 Å². The SMILES string of the molecule is COc1ccc(C)cc1NC(=O)[C@H](C)OC(=O)[C@@H](C)Oc1ccc(F)cc1. The van der Waals surface area contributed by atoms with Crippen molar-refractivity contribution in [3.8, 4) is 11.5 Å². The van der Waals surface area contributed by atoms with Gasteiger partial charge in [0, 0.05) is 0 Å². The van der Waals surface area contributed by atoms with Crippen LogP contribution in [0.15, 0.2) is 42.5 Å². The van der Waals surface area contributed by atoms with Gasteiger partial charge in [0.2, 0.25) is 0 Å². The van der Waals surface area contributed by atoms with E-state index in [0.717, 1.165) is 5.56 Å². The number of amides is 1. The maximum atomic E-state index is 12.9. The van der Waals surface area contributed by atoms with Crippen LogP contribution < -0.4 is 14.8 Å². The second kappa shape index (κ2) is 9.02. The number of esters is 1. The van der Waals surface area contributed by atoms with Crippen molar-refractivity contribution in [1.82, 2.24) is 0 Å². The molecule has 1 N–H and O–H groups in total. The fraction of sp³-hybridized carbons (Fsp3) is 0.300. The largest absolute Gasteiger partial charge is 0.495 e. The molecule has 0 aliphatic carbocycles. The molecule has 0 radical (unpaired) electrons. The van der Waals surface area contributed by atoms with Gasteiger partial charge in [-0.25, -0.2) is 9.18 Å². The molecule has 0 spiro atoms. The molecule has 2 rings (SSSR count). The Morgan fingerprint density at radius 3 is 2.33 bits per heavy atom. The van der Waals surface area contributed by atoms with Crippen molar-refractivity contribution in [3.05, 3.63) is 53.8 Å². The first-order valence-electron chi connectivity index (χ1n) is 8.38. The molecule has 0 unspecified atom stereocenters. The first kappa shape index (κ1) is 20.2. The molecule has 27 heavy (non-hydrogen) atoms. The zero-order valence-electron chi connectivity index (χ0n) is 15.6. The van der Waals surface area contributed by atoms with Crippen molar-refractivity contribution in [2.24, 2.45) is 0 Å². The third kappa shape index (κ3) is 5.70. The van der Waals surface area contributed by atoms with E-state index >= 15 is 0 Å². The lowest BCUT2D eigenvalue weighted by atomic mass is 10.2. The number of benzene rings is 2. The molecule has 144 valence electrons. The molecule has 7 heteroatoms. The number of carbonyl (C=O) groups excluding carboxylic acids is 2. The summed E-state index contributed by atoms with van der Waals surface area (Å²) in [5, 5.41) is 2.68. The van der Waals surface area contributed by atoms with Crippen LogP contribution in [0.2, 0.25) is 0 Å². The van der Waals surface area contributed by atoms with Crippen LogP contribution >= 0.6 is 0 Å². The van der Waals surface area contributed by atoms with Crippen LogP contribution in [-0.4, -0.2) is 31.2 Å². The predicted octanol–water partition coefficient (Wildman–Crippen LogP) is 3.48. The van der Waals surface area contributed by atoms with Gasteiger partial charge in [-0.05, 0) is 62.7 Å². The predicted molar refractivity (Wildman–Crippen MR) is 98.4 cm³/mol. The lowest BCUT2D eigenvalue weighted by Crippen LogP contribution is -2.35.